The Bertz CT molecular complexity index is 744. The van der Waals surface area contributed by atoms with Crippen LogP contribution in [-0.4, -0.2) is 52.6 Å². The lowest BCUT2D eigenvalue weighted by Gasteiger charge is -2.21. The third-order valence-corrected chi connectivity index (χ3v) is 4.13. The van der Waals surface area contributed by atoms with Crippen LogP contribution in [0.3, 0.4) is 0 Å². The van der Waals surface area contributed by atoms with Crippen molar-refractivity contribution in [2.45, 2.75) is 37.3 Å². The molecule has 0 fully saturated rings. The number of hydrogen-bond donors (Lipinski definition) is 2. The predicted molar refractivity (Wildman–Crippen MR) is 96.0 cm³/mol. The van der Waals surface area contributed by atoms with E-state index in [0.29, 0.717) is 0 Å². The Morgan fingerprint density at radius 2 is 1.96 bits per heavy atom. The SMILES string of the molecule is COC(=O)c1ccc(SC[C@H](NC(=O)OC(C)(C)C)C(=O)O)c([N+](=O)[O-])c1. The molecule has 0 spiro atoms. The molecular formula is C16H20N2O8S. The van der Waals surface area contributed by atoms with E-state index in [1.165, 1.54) is 12.1 Å². The van der Waals surface area contributed by atoms with Crippen molar-refractivity contribution in [1.82, 2.24) is 5.32 Å². The number of esters is 1. The number of carbonyl (C=O) groups excluding carboxylic acids is 2. The molecule has 10 nitrogen and oxygen atoms in total. The van der Waals surface area contributed by atoms with Crippen molar-refractivity contribution in [2.75, 3.05) is 12.9 Å². The summed E-state index contributed by atoms with van der Waals surface area (Å²) in [5.74, 6) is -2.24. The van der Waals surface area contributed by atoms with E-state index in [4.69, 9.17) is 4.74 Å². The van der Waals surface area contributed by atoms with Gasteiger partial charge in [0.25, 0.3) is 5.69 Å². The first-order valence-electron chi connectivity index (χ1n) is 7.66. The molecule has 0 radical (unpaired) electrons. The first-order chi connectivity index (χ1) is 12.4. The fraction of sp³-hybridized carbons (Fsp3) is 0.438. The lowest BCUT2D eigenvalue weighted by molar-refractivity contribution is -0.387. The molecule has 1 rings (SSSR count). The van der Waals surface area contributed by atoms with E-state index in [1.54, 1.807) is 20.8 Å². The van der Waals surface area contributed by atoms with Crippen LogP contribution < -0.4 is 5.32 Å². The van der Waals surface area contributed by atoms with Crippen LogP contribution in [0.5, 0.6) is 0 Å². The molecule has 11 heteroatoms. The number of carboxylic acid groups (broad SMARTS) is 1. The Morgan fingerprint density at radius 1 is 1.33 bits per heavy atom. The van der Waals surface area contributed by atoms with Crippen LogP contribution in [0.2, 0.25) is 0 Å². The van der Waals surface area contributed by atoms with E-state index in [1.807, 2.05) is 0 Å². The predicted octanol–water partition coefficient (Wildman–Crippen LogP) is 2.45. The molecule has 0 bridgehead atoms. The molecule has 0 aromatic heterocycles. The summed E-state index contributed by atoms with van der Waals surface area (Å²) in [6.45, 7) is 4.88. The number of amides is 1. The molecule has 1 amide bonds. The van der Waals surface area contributed by atoms with Gasteiger partial charge in [-0.1, -0.05) is 0 Å². The van der Waals surface area contributed by atoms with Crippen molar-refractivity contribution >= 4 is 35.5 Å². The van der Waals surface area contributed by atoms with Gasteiger partial charge in [0.05, 0.1) is 22.5 Å². The highest BCUT2D eigenvalue weighted by molar-refractivity contribution is 7.99. The van der Waals surface area contributed by atoms with Crippen LogP contribution >= 0.6 is 11.8 Å². The molecule has 0 saturated heterocycles. The number of ether oxygens (including phenoxy) is 2. The highest BCUT2D eigenvalue weighted by Crippen LogP contribution is 2.31. The van der Waals surface area contributed by atoms with E-state index in [9.17, 15) is 29.6 Å². The van der Waals surface area contributed by atoms with Crippen LogP contribution in [0.4, 0.5) is 10.5 Å². The minimum absolute atomic E-state index is 0.00443. The number of nitro groups is 1. The number of alkyl carbamates (subject to hydrolysis) is 1. The number of nitro benzene ring substituents is 1. The van der Waals surface area contributed by atoms with Crippen molar-refractivity contribution < 1.29 is 33.9 Å². The molecule has 2 N–H and O–H groups in total. The van der Waals surface area contributed by atoms with Gasteiger partial charge in [-0.25, -0.2) is 14.4 Å². The van der Waals surface area contributed by atoms with Crippen molar-refractivity contribution in [3.63, 3.8) is 0 Å². The second kappa shape index (κ2) is 9.21. The number of thioether (sulfide) groups is 1. The number of rotatable bonds is 7. The number of methoxy groups -OCH3 is 1. The Kier molecular flexibility index (Phi) is 7.58. The van der Waals surface area contributed by atoms with Crippen molar-refractivity contribution in [3.05, 3.63) is 33.9 Å². The lowest BCUT2D eigenvalue weighted by Crippen LogP contribution is -2.44. The maximum atomic E-state index is 11.7. The number of aliphatic carboxylic acids is 1. The fourth-order valence-corrected chi connectivity index (χ4v) is 2.84. The number of benzene rings is 1. The van der Waals surface area contributed by atoms with Gasteiger partial charge in [-0.3, -0.25) is 10.1 Å². The topological polar surface area (TPSA) is 145 Å². The molecule has 1 aromatic carbocycles. The van der Waals surface area contributed by atoms with Crippen LogP contribution in [0.25, 0.3) is 0 Å². The Labute approximate surface area is 159 Å². The van der Waals surface area contributed by atoms with Crippen molar-refractivity contribution in [3.8, 4) is 0 Å². The van der Waals surface area contributed by atoms with E-state index in [0.717, 1.165) is 24.9 Å². The summed E-state index contributed by atoms with van der Waals surface area (Å²) in [4.78, 5) is 45.3. The van der Waals surface area contributed by atoms with Crippen LogP contribution in [0, 0.1) is 10.1 Å². The third kappa shape index (κ3) is 7.13. The van der Waals surface area contributed by atoms with Gasteiger partial charge in [-0.15, -0.1) is 11.8 Å². The van der Waals surface area contributed by atoms with E-state index >= 15 is 0 Å². The molecule has 0 saturated carbocycles. The summed E-state index contributed by atoms with van der Waals surface area (Å²) in [5.41, 5.74) is -1.18. The summed E-state index contributed by atoms with van der Waals surface area (Å²) in [5, 5.41) is 22.7. The first-order valence-corrected chi connectivity index (χ1v) is 8.65. The zero-order chi connectivity index (χ0) is 20.8. The molecule has 0 aliphatic heterocycles. The highest BCUT2D eigenvalue weighted by atomic mass is 32.2. The summed E-state index contributed by atoms with van der Waals surface area (Å²) >= 11 is 0.855. The molecule has 0 aliphatic carbocycles. The molecule has 1 aromatic rings. The number of nitrogens with one attached hydrogen (secondary N) is 1. The van der Waals surface area contributed by atoms with Crippen molar-refractivity contribution in [1.29, 1.82) is 0 Å². The zero-order valence-electron chi connectivity index (χ0n) is 15.2. The molecule has 0 unspecified atom stereocenters. The second-order valence-corrected chi connectivity index (χ2v) is 7.34. The Hall–Kier alpha value is -2.82. The number of carbonyl (C=O) groups is 3. The molecule has 27 heavy (non-hydrogen) atoms. The maximum Gasteiger partial charge on any atom is 0.408 e. The number of nitrogens with zero attached hydrogens (tertiary/aromatic N) is 1. The van der Waals surface area contributed by atoms with Gasteiger partial charge in [0.2, 0.25) is 0 Å². The Balaban J connectivity index is 2.92. The summed E-state index contributed by atoms with van der Waals surface area (Å²) in [7, 11) is 1.15. The standard InChI is InChI=1S/C16H20N2O8S/c1-16(2,3)26-15(22)17-10(13(19)20)8-27-12-6-5-9(14(21)25-4)7-11(12)18(23)24/h5-7,10H,8H2,1-4H3,(H,17,22)(H,19,20)/t10-/m0/s1. The van der Waals surface area contributed by atoms with Gasteiger partial charge < -0.3 is 19.9 Å². The van der Waals surface area contributed by atoms with E-state index < -0.39 is 34.6 Å². The molecule has 0 heterocycles. The number of hydrogen-bond acceptors (Lipinski definition) is 8. The smallest absolute Gasteiger partial charge is 0.408 e. The van der Waals surface area contributed by atoms with Crippen LogP contribution in [0.15, 0.2) is 23.1 Å². The summed E-state index contributed by atoms with van der Waals surface area (Å²) in [6.07, 6.45) is -0.911. The first kappa shape index (κ1) is 22.2. The summed E-state index contributed by atoms with van der Waals surface area (Å²) in [6, 6.07) is 2.37. The lowest BCUT2D eigenvalue weighted by atomic mass is 10.2. The maximum absolute atomic E-state index is 11.7. The van der Waals surface area contributed by atoms with Gasteiger partial charge in [-0.2, -0.15) is 0 Å². The van der Waals surface area contributed by atoms with Gasteiger partial charge in [0.15, 0.2) is 0 Å². The normalized spacial score (nSPS) is 12.0. The van der Waals surface area contributed by atoms with Gasteiger partial charge in [-0.05, 0) is 32.9 Å². The highest BCUT2D eigenvalue weighted by Gasteiger charge is 2.26. The zero-order valence-corrected chi connectivity index (χ0v) is 16.0. The Morgan fingerprint density at radius 3 is 2.44 bits per heavy atom. The third-order valence-electron chi connectivity index (χ3n) is 2.97. The average molecular weight is 400 g/mol. The van der Waals surface area contributed by atoms with Gasteiger partial charge in [0.1, 0.15) is 11.6 Å². The fourth-order valence-electron chi connectivity index (χ4n) is 1.82. The molecule has 1 atom stereocenters. The molecule has 0 aliphatic rings. The minimum atomic E-state index is -1.33. The quantitative estimate of drug-likeness (QED) is 0.305. The van der Waals surface area contributed by atoms with Gasteiger partial charge >= 0.3 is 18.0 Å². The van der Waals surface area contributed by atoms with Crippen LogP contribution in [0.1, 0.15) is 31.1 Å². The molecule has 148 valence electrons. The van der Waals surface area contributed by atoms with Crippen LogP contribution in [-0.2, 0) is 14.3 Å². The molecular weight excluding hydrogens is 380 g/mol. The largest absolute Gasteiger partial charge is 0.480 e. The number of carboxylic acids is 1. The average Bonchev–Trinajstić information content (AvgIpc) is 2.55. The van der Waals surface area contributed by atoms with Crippen molar-refractivity contribution in [2.24, 2.45) is 0 Å². The monoisotopic (exact) mass is 400 g/mol. The second-order valence-electron chi connectivity index (χ2n) is 6.28. The van der Waals surface area contributed by atoms with Gasteiger partial charge in [0, 0.05) is 11.8 Å². The van der Waals surface area contributed by atoms with E-state index in [2.05, 4.69) is 10.1 Å². The summed E-state index contributed by atoms with van der Waals surface area (Å²) < 4.78 is 9.52. The van der Waals surface area contributed by atoms with E-state index in [-0.39, 0.29) is 21.9 Å². The minimum Gasteiger partial charge on any atom is -0.480 e.